The molecular formula is C8H9ClN4OS. The molecule has 0 saturated heterocycles. The maximum atomic E-state index is 6.06. The highest BCUT2D eigenvalue weighted by Crippen LogP contribution is 2.25. The highest BCUT2D eigenvalue weighted by Gasteiger charge is 2.16. The van der Waals surface area contributed by atoms with Crippen LogP contribution in [0.15, 0.2) is 9.90 Å². The second kappa shape index (κ2) is 4.67. The topological polar surface area (TPSA) is 64.7 Å². The maximum absolute atomic E-state index is 6.06. The molecule has 0 fully saturated rings. The third-order valence-electron chi connectivity index (χ3n) is 1.84. The van der Waals surface area contributed by atoms with Crippen LogP contribution in [-0.2, 0) is 0 Å². The SMILES string of the molecule is CCCC(Cl)c1noc(-c2csnn2)n1. The van der Waals surface area contributed by atoms with E-state index >= 15 is 0 Å². The van der Waals surface area contributed by atoms with Gasteiger partial charge >= 0.3 is 0 Å². The van der Waals surface area contributed by atoms with Crippen molar-refractivity contribution in [3.05, 3.63) is 11.2 Å². The Hall–Kier alpha value is -1.01. The van der Waals surface area contributed by atoms with Gasteiger partial charge in [0.2, 0.25) is 0 Å². The van der Waals surface area contributed by atoms with Crippen molar-refractivity contribution in [1.29, 1.82) is 0 Å². The van der Waals surface area contributed by atoms with Crippen LogP contribution in [0.3, 0.4) is 0 Å². The summed E-state index contributed by atoms with van der Waals surface area (Å²) in [6.07, 6.45) is 1.81. The number of halogens is 1. The molecule has 0 bridgehead atoms. The zero-order chi connectivity index (χ0) is 10.7. The van der Waals surface area contributed by atoms with E-state index in [4.69, 9.17) is 16.1 Å². The summed E-state index contributed by atoms with van der Waals surface area (Å²) in [6, 6.07) is 0. The fourth-order valence-corrected chi connectivity index (χ4v) is 1.84. The summed E-state index contributed by atoms with van der Waals surface area (Å²) < 4.78 is 8.76. The van der Waals surface area contributed by atoms with Gasteiger partial charge in [-0.1, -0.05) is 23.0 Å². The fourth-order valence-electron chi connectivity index (χ4n) is 1.11. The Morgan fingerprint density at radius 2 is 2.47 bits per heavy atom. The van der Waals surface area contributed by atoms with E-state index in [0.29, 0.717) is 17.4 Å². The fraction of sp³-hybridized carbons (Fsp3) is 0.500. The molecule has 1 atom stereocenters. The van der Waals surface area contributed by atoms with E-state index in [2.05, 4.69) is 26.7 Å². The van der Waals surface area contributed by atoms with Crippen molar-refractivity contribution in [3.63, 3.8) is 0 Å². The Morgan fingerprint density at radius 1 is 1.60 bits per heavy atom. The van der Waals surface area contributed by atoms with Gasteiger partial charge in [-0.25, -0.2) is 0 Å². The lowest BCUT2D eigenvalue weighted by atomic mass is 10.2. The lowest BCUT2D eigenvalue weighted by Gasteiger charge is -1.99. The minimum Gasteiger partial charge on any atom is -0.332 e. The zero-order valence-electron chi connectivity index (χ0n) is 8.05. The highest BCUT2D eigenvalue weighted by molar-refractivity contribution is 7.03. The van der Waals surface area contributed by atoms with Gasteiger partial charge in [0.25, 0.3) is 5.89 Å². The first kappa shape index (κ1) is 10.5. The summed E-state index contributed by atoms with van der Waals surface area (Å²) in [4.78, 5) is 4.17. The van der Waals surface area contributed by atoms with E-state index < -0.39 is 0 Å². The molecule has 0 aliphatic carbocycles. The first-order valence-electron chi connectivity index (χ1n) is 4.56. The van der Waals surface area contributed by atoms with Crippen molar-refractivity contribution in [3.8, 4) is 11.6 Å². The van der Waals surface area contributed by atoms with Gasteiger partial charge in [-0.3, -0.25) is 0 Å². The van der Waals surface area contributed by atoms with Gasteiger partial charge in [0.15, 0.2) is 11.5 Å². The molecule has 15 heavy (non-hydrogen) atoms. The molecule has 2 heterocycles. The Morgan fingerprint density at radius 3 is 3.13 bits per heavy atom. The van der Waals surface area contributed by atoms with Crippen molar-refractivity contribution in [2.75, 3.05) is 0 Å². The molecule has 2 aromatic rings. The van der Waals surface area contributed by atoms with Crippen LogP contribution in [0.5, 0.6) is 0 Å². The Bertz CT molecular complexity index is 416. The normalized spacial score (nSPS) is 12.9. The smallest absolute Gasteiger partial charge is 0.279 e. The number of rotatable bonds is 4. The van der Waals surface area contributed by atoms with Crippen LogP contribution in [0.1, 0.15) is 31.0 Å². The van der Waals surface area contributed by atoms with E-state index in [1.165, 1.54) is 11.5 Å². The largest absolute Gasteiger partial charge is 0.332 e. The van der Waals surface area contributed by atoms with Crippen LogP contribution < -0.4 is 0 Å². The van der Waals surface area contributed by atoms with E-state index in [-0.39, 0.29) is 5.38 Å². The molecule has 0 amide bonds. The van der Waals surface area contributed by atoms with Crippen molar-refractivity contribution in [2.24, 2.45) is 0 Å². The Labute approximate surface area is 95.6 Å². The van der Waals surface area contributed by atoms with Crippen molar-refractivity contribution >= 4 is 23.1 Å². The molecule has 0 N–H and O–H groups in total. The minimum atomic E-state index is -0.195. The lowest BCUT2D eigenvalue weighted by Crippen LogP contribution is -1.92. The second-order valence-corrected chi connectivity index (χ2v) is 4.14. The minimum absolute atomic E-state index is 0.195. The molecule has 0 aliphatic heterocycles. The van der Waals surface area contributed by atoms with E-state index in [0.717, 1.165) is 12.8 Å². The quantitative estimate of drug-likeness (QED) is 0.774. The highest BCUT2D eigenvalue weighted by atomic mass is 35.5. The van der Waals surface area contributed by atoms with Gasteiger partial charge in [0, 0.05) is 5.38 Å². The van der Waals surface area contributed by atoms with Gasteiger partial charge in [-0.2, -0.15) is 4.98 Å². The lowest BCUT2D eigenvalue weighted by molar-refractivity contribution is 0.419. The van der Waals surface area contributed by atoms with Crippen LogP contribution >= 0.6 is 23.1 Å². The average molecular weight is 245 g/mol. The van der Waals surface area contributed by atoms with Gasteiger partial charge in [0.05, 0.1) is 5.38 Å². The second-order valence-electron chi connectivity index (χ2n) is 3.00. The summed E-state index contributed by atoms with van der Waals surface area (Å²) in [5.74, 6) is 0.891. The van der Waals surface area contributed by atoms with Crippen LogP contribution in [-0.4, -0.2) is 19.7 Å². The molecule has 5 nitrogen and oxygen atoms in total. The molecule has 7 heteroatoms. The number of hydrogen-bond acceptors (Lipinski definition) is 6. The standard InChI is InChI=1S/C8H9ClN4OS/c1-2-3-5(9)7-10-8(14-12-7)6-4-15-13-11-6/h4-5H,2-3H2,1H3. The first-order chi connectivity index (χ1) is 7.31. The van der Waals surface area contributed by atoms with Gasteiger partial charge < -0.3 is 4.52 Å². The molecule has 0 saturated carbocycles. The van der Waals surface area contributed by atoms with Crippen molar-refractivity contribution in [1.82, 2.24) is 19.7 Å². The molecule has 0 aromatic carbocycles. The van der Waals surface area contributed by atoms with Crippen LogP contribution in [0.4, 0.5) is 0 Å². The molecule has 0 radical (unpaired) electrons. The van der Waals surface area contributed by atoms with E-state index in [9.17, 15) is 0 Å². The van der Waals surface area contributed by atoms with Crippen LogP contribution in [0.2, 0.25) is 0 Å². The number of nitrogens with zero attached hydrogens (tertiary/aromatic N) is 4. The molecule has 2 rings (SSSR count). The van der Waals surface area contributed by atoms with Crippen molar-refractivity contribution in [2.45, 2.75) is 25.1 Å². The maximum Gasteiger partial charge on any atom is 0.279 e. The summed E-state index contributed by atoms with van der Waals surface area (Å²) in [7, 11) is 0. The van der Waals surface area contributed by atoms with E-state index in [1.807, 2.05) is 0 Å². The Balaban J connectivity index is 2.17. The summed E-state index contributed by atoms with van der Waals surface area (Å²) in [5.41, 5.74) is 0.596. The first-order valence-corrected chi connectivity index (χ1v) is 5.83. The third-order valence-corrected chi connectivity index (χ3v) is 2.76. The monoisotopic (exact) mass is 244 g/mol. The van der Waals surface area contributed by atoms with E-state index in [1.54, 1.807) is 5.38 Å². The van der Waals surface area contributed by atoms with Gasteiger partial charge in [0.1, 0.15) is 0 Å². The molecule has 0 spiro atoms. The summed E-state index contributed by atoms with van der Waals surface area (Å²) in [5, 5.41) is 9.20. The molecule has 1 unspecified atom stereocenters. The number of hydrogen-bond donors (Lipinski definition) is 0. The predicted octanol–water partition coefficient (Wildman–Crippen LogP) is 2.67. The zero-order valence-corrected chi connectivity index (χ0v) is 9.62. The number of aromatic nitrogens is 4. The predicted molar refractivity (Wildman–Crippen MR) is 56.7 cm³/mol. The summed E-state index contributed by atoms with van der Waals surface area (Å²) in [6.45, 7) is 2.06. The molecule has 0 aliphatic rings. The molecule has 80 valence electrons. The summed E-state index contributed by atoms with van der Waals surface area (Å²) >= 11 is 7.30. The van der Waals surface area contributed by atoms with Crippen molar-refractivity contribution < 1.29 is 4.52 Å². The van der Waals surface area contributed by atoms with Gasteiger partial charge in [-0.05, 0) is 18.0 Å². The average Bonchev–Trinajstić information content (AvgIpc) is 2.89. The van der Waals surface area contributed by atoms with Gasteiger partial charge in [-0.15, -0.1) is 16.7 Å². The number of alkyl halides is 1. The van der Waals surface area contributed by atoms with Crippen LogP contribution in [0, 0.1) is 0 Å². The molecular weight excluding hydrogens is 236 g/mol. The van der Waals surface area contributed by atoms with Crippen LogP contribution in [0.25, 0.3) is 11.6 Å². The Kier molecular flexibility index (Phi) is 3.27. The molecule has 2 aromatic heterocycles. The third kappa shape index (κ3) is 2.32.